The molecule has 3 N–H and O–H groups in total. The Morgan fingerprint density at radius 2 is 1.70 bits per heavy atom. The van der Waals surface area contributed by atoms with Crippen molar-refractivity contribution in [2.75, 3.05) is 5.32 Å². The summed E-state index contributed by atoms with van der Waals surface area (Å²) in [6.07, 6.45) is -1.07. The maximum atomic E-state index is 12.5. The quantitative estimate of drug-likeness (QED) is 0.734. The summed E-state index contributed by atoms with van der Waals surface area (Å²) < 4.78 is 28.1. The standard InChI is InChI=1S/C19H22N2O5S/c1-13(26-18(23)19(2,3)14-8-5-4-6-9-14)17(22)21-15-10-7-11-16(12-15)27(20,24)25/h4-13H,1-3H3,(H,21,22)(H2,20,24,25)/t13-/m0/s1. The first-order valence-electron chi connectivity index (χ1n) is 8.22. The van der Waals surface area contributed by atoms with Crippen LogP contribution in [0, 0.1) is 0 Å². The zero-order chi connectivity index (χ0) is 20.2. The van der Waals surface area contributed by atoms with Gasteiger partial charge in [0.25, 0.3) is 5.91 Å². The molecule has 8 heteroatoms. The molecule has 0 fully saturated rings. The summed E-state index contributed by atoms with van der Waals surface area (Å²) >= 11 is 0. The van der Waals surface area contributed by atoms with Gasteiger partial charge in [0.2, 0.25) is 10.0 Å². The van der Waals surface area contributed by atoms with Crippen LogP contribution >= 0.6 is 0 Å². The van der Waals surface area contributed by atoms with Gasteiger partial charge in [-0.2, -0.15) is 0 Å². The summed E-state index contributed by atoms with van der Waals surface area (Å²) in [5.41, 5.74) is 0.0730. The fourth-order valence-corrected chi connectivity index (χ4v) is 2.89. The van der Waals surface area contributed by atoms with Crippen LogP contribution in [0.3, 0.4) is 0 Å². The molecule has 0 bridgehead atoms. The lowest BCUT2D eigenvalue weighted by Gasteiger charge is -2.25. The van der Waals surface area contributed by atoms with Gasteiger partial charge in [-0.15, -0.1) is 0 Å². The van der Waals surface area contributed by atoms with Crippen molar-refractivity contribution in [3.05, 3.63) is 60.2 Å². The van der Waals surface area contributed by atoms with Crippen molar-refractivity contribution in [1.29, 1.82) is 0 Å². The van der Waals surface area contributed by atoms with Crippen LogP contribution in [0.15, 0.2) is 59.5 Å². The SMILES string of the molecule is C[C@H](OC(=O)C(C)(C)c1ccccc1)C(=O)Nc1cccc(S(N)(=O)=O)c1. The maximum Gasteiger partial charge on any atom is 0.316 e. The lowest BCUT2D eigenvalue weighted by Crippen LogP contribution is -2.37. The number of nitrogens with two attached hydrogens (primary N) is 1. The van der Waals surface area contributed by atoms with E-state index in [9.17, 15) is 18.0 Å². The van der Waals surface area contributed by atoms with Gasteiger partial charge in [-0.25, -0.2) is 13.6 Å². The molecule has 0 saturated heterocycles. The molecule has 0 saturated carbocycles. The number of primary sulfonamides is 1. The van der Waals surface area contributed by atoms with E-state index in [1.165, 1.54) is 31.2 Å². The highest BCUT2D eigenvalue weighted by Crippen LogP contribution is 2.25. The average molecular weight is 390 g/mol. The number of rotatable bonds is 6. The minimum atomic E-state index is -3.89. The number of carbonyl (C=O) groups is 2. The number of hydrogen-bond donors (Lipinski definition) is 2. The average Bonchev–Trinajstić information content (AvgIpc) is 2.61. The number of sulfonamides is 1. The van der Waals surface area contributed by atoms with E-state index in [-0.39, 0.29) is 10.6 Å². The number of benzene rings is 2. The topological polar surface area (TPSA) is 116 Å². The van der Waals surface area contributed by atoms with E-state index in [0.29, 0.717) is 0 Å². The Morgan fingerprint density at radius 3 is 2.30 bits per heavy atom. The van der Waals surface area contributed by atoms with Gasteiger partial charge < -0.3 is 10.1 Å². The normalized spacial score (nSPS) is 12.9. The van der Waals surface area contributed by atoms with Crippen LogP contribution in [-0.4, -0.2) is 26.4 Å². The van der Waals surface area contributed by atoms with E-state index in [2.05, 4.69) is 5.32 Å². The first-order chi connectivity index (χ1) is 12.5. The van der Waals surface area contributed by atoms with E-state index in [0.717, 1.165) is 5.56 Å². The summed E-state index contributed by atoms with van der Waals surface area (Å²) in [4.78, 5) is 24.7. The molecule has 0 radical (unpaired) electrons. The molecule has 0 spiro atoms. The number of hydrogen-bond acceptors (Lipinski definition) is 5. The zero-order valence-corrected chi connectivity index (χ0v) is 16.1. The van der Waals surface area contributed by atoms with Crippen LogP contribution in [0.2, 0.25) is 0 Å². The third kappa shape index (κ3) is 5.15. The second kappa shape index (κ2) is 7.89. The Morgan fingerprint density at radius 1 is 1.07 bits per heavy atom. The smallest absolute Gasteiger partial charge is 0.316 e. The monoisotopic (exact) mass is 390 g/mol. The predicted octanol–water partition coefficient (Wildman–Crippen LogP) is 2.18. The Labute approximate surface area is 158 Å². The summed E-state index contributed by atoms with van der Waals surface area (Å²) in [5, 5.41) is 7.59. The van der Waals surface area contributed by atoms with E-state index < -0.39 is 33.4 Å². The third-order valence-electron chi connectivity index (χ3n) is 4.09. The van der Waals surface area contributed by atoms with Crippen molar-refractivity contribution in [2.24, 2.45) is 5.14 Å². The molecule has 1 amide bonds. The number of nitrogens with one attached hydrogen (secondary N) is 1. The van der Waals surface area contributed by atoms with Gasteiger partial charge in [0, 0.05) is 5.69 Å². The molecular formula is C19H22N2O5S. The van der Waals surface area contributed by atoms with Crippen molar-refractivity contribution in [2.45, 2.75) is 37.2 Å². The molecule has 144 valence electrons. The molecule has 27 heavy (non-hydrogen) atoms. The number of ether oxygens (including phenoxy) is 1. The molecule has 0 aromatic heterocycles. The molecule has 2 aromatic carbocycles. The van der Waals surface area contributed by atoms with Crippen molar-refractivity contribution in [3.63, 3.8) is 0 Å². The molecule has 1 atom stereocenters. The number of amides is 1. The number of carbonyl (C=O) groups excluding carboxylic acids is 2. The highest BCUT2D eigenvalue weighted by atomic mass is 32.2. The lowest BCUT2D eigenvalue weighted by molar-refractivity contribution is -0.158. The van der Waals surface area contributed by atoms with Gasteiger partial charge >= 0.3 is 5.97 Å². The van der Waals surface area contributed by atoms with Gasteiger partial charge in [-0.1, -0.05) is 36.4 Å². The summed E-state index contributed by atoms with van der Waals surface area (Å²) in [7, 11) is -3.89. The summed E-state index contributed by atoms with van der Waals surface area (Å²) in [6.45, 7) is 4.87. The Bertz CT molecular complexity index is 940. The van der Waals surface area contributed by atoms with Crippen LogP contribution in [0.25, 0.3) is 0 Å². The van der Waals surface area contributed by atoms with E-state index in [1.807, 2.05) is 30.3 Å². The van der Waals surface area contributed by atoms with Gasteiger partial charge in [-0.3, -0.25) is 9.59 Å². The van der Waals surface area contributed by atoms with Crippen molar-refractivity contribution < 1.29 is 22.7 Å². The minimum Gasteiger partial charge on any atom is -0.452 e. The first kappa shape index (κ1) is 20.6. The lowest BCUT2D eigenvalue weighted by atomic mass is 9.85. The number of esters is 1. The van der Waals surface area contributed by atoms with Gasteiger partial charge in [0.05, 0.1) is 10.3 Å². The molecule has 0 aliphatic carbocycles. The van der Waals surface area contributed by atoms with E-state index in [4.69, 9.17) is 9.88 Å². The zero-order valence-electron chi connectivity index (χ0n) is 15.3. The van der Waals surface area contributed by atoms with Gasteiger partial charge in [0.1, 0.15) is 0 Å². The molecular weight excluding hydrogens is 368 g/mol. The maximum absolute atomic E-state index is 12.5. The van der Waals surface area contributed by atoms with Gasteiger partial charge in [-0.05, 0) is 44.5 Å². The van der Waals surface area contributed by atoms with Crippen LogP contribution in [0.1, 0.15) is 26.3 Å². The molecule has 2 rings (SSSR count). The van der Waals surface area contributed by atoms with Crippen molar-refractivity contribution >= 4 is 27.6 Å². The van der Waals surface area contributed by atoms with Crippen LogP contribution in [0.4, 0.5) is 5.69 Å². The van der Waals surface area contributed by atoms with Crippen molar-refractivity contribution in [3.8, 4) is 0 Å². The van der Waals surface area contributed by atoms with E-state index in [1.54, 1.807) is 13.8 Å². The molecule has 0 heterocycles. The molecule has 7 nitrogen and oxygen atoms in total. The van der Waals surface area contributed by atoms with Gasteiger partial charge in [0.15, 0.2) is 6.10 Å². The second-order valence-corrected chi connectivity index (χ2v) is 8.16. The largest absolute Gasteiger partial charge is 0.452 e. The molecule has 0 aliphatic rings. The fraction of sp³-hybridized carbons (Fsp3) is 0.263. The summed E-state index contributed by atoms with van der Waals surface area (Å²) in [5.74, 6) is -1.13. The van der Waals surface area contributed by atoms with Crippen molar-refractivity contribution in [1.82, 2.24) is 0 Å². The van der Waals surface area contributed by atoms with E-state index >= 15 is 0 Å². The summed E-state index contributed by atoms with van der Waals surface area (Å²) in [6, 6.07) is 14.6. The number of anilines is 1. The fourth-order valence-electron chi connectivity index (χ4n) is 2.33. The highest BCUT2D eigenvalue weighted by molar-refractivity contribution is 7.89. The minimum absolute atomic E-state index is 0.129. The van der Waals surface area contributed by atoms with Crippen LogP contribution in [0.5, 0.6) is 0 Å². The Kier molecular flexibility index (Phi) is 6.02. The Hall–Kier alpha value is -2.71. The first-order valence-corrected chi connectivity index (χ1v) is 9.77. The third-order valence-corrected chi connectivity index (χ3v) is 5.00. The van der Waals surface area contributed by atoms with Crippen LogP contribution in [-0.2, 0) is 29.8 Å². The Balaban J connectivity index is 2.07. The second-order valence-electron chi connectivity index (χ2n) is 6.60. The van der Waals surface area contributed by atoms with Crippen LogP contribution < -0.4 is 10.5 Å². The predicted molar refractivity (Wildman–Crippen MR) is 101 cm³/mol. The molecule has 0 aliphatic heterocycles. The highest BCUT2D eigenvalue weighted by Gasteiger charge is 2.33. The molecule has 2 aromatic rings. The molecule has 0 unspecified atom stereocenters.